The number of fused-ring (bicyclic) bond motifs is 3. The molecule has 8 heteroatoms. The summed E-state index contributed by atoms with van der Waals surface area (Å²) in [5.41, 5.74) is 1.62. The van der Waals surface area contributed by atoms with Gasteiger partial charge in [0.15, 0.2) is 11.6 Å². The number of benzene rings is 1. The molecule has 1 saturated carbocycles. The zero-order valence-corrected chi connectivity index (χ0v) is 18.8. The van der Waals surface area contributed by atoms with Crippen molar-refractivity contribution in [1.29, 1.82) is 0 Å². The van der Waals surface area contributed by atoms with Crippen LogP contribution in [0.1, 0.15) is 55.5 Å². The molecule has 8 nitrogen and oxygen atoms in total. The van der Waals surface area contributed by atoms with Crippen LogP contribution >= 0.6 is 0 Å². The molecule has 3 fully saturated rings. The lowest BCUT2D eigenvalue weighted by molar-refractivity contribution is 0.0925. The van der Waals surface area contributed by atoms with E-state index < -0.39 is 0 Å². The maximum absolute atomic E-state index is 12.3. The smallest absolute Gasteiger partial charge is 0.287 e. The first-order chi connectivity index (χ1) is 16.0. The minimum Gasteiger partial charge on any atom is -0.507 e. The summed E-state index contributed by atoms with van der Waals surface area (Å²) in [6.45, 7) is 0. The minimum atomic E-state index is -0.219. The van der Waals surface area contributed by atoms with Crippen molar-refractivity contribution in [1.82, 2.24) is 20.8 Å². The van der Waals surface area contributed by atoms with E-state index in [2.05, 4.69) is 32.8 Å². The van der Waals surface area contributed by atoms with Crippen molar-refractivity contribution in [2.24, 2.45) is 0 Å². The second-order valence-corrected chi connectivity index (χ2v) is 9.77. The van der Waals surface area contributed by atoms with E-state index in [0.717, 1.165) is 36.9 Å². The van der Waals surface area contributed by atoms with Crippen LogP contribution in [0.4, 0.5) is 5.82 Å². The number of carbonyl (C=O) groups is 1. The number of amides is 1. The number of anilines is 1. The highest BCUT2D eigenvalue weighted by Gasteiger charge is 2.33. The number of phenolic OH excluding ortho intramolecular Hbond substituents is 1. The van der Waals surface area contributed by atoms with Crippen LogP contribution in [-0.2, 0) is 0 Å². The van der Waals surface area contributed by atoms with Gasteiger partial charge in [-0.1, -0.05) is 6.42 Å². The summed E-state index contributed by atoms with van der Waals surface area (Å²) in [6.07, 6.45) is 8.12. The monoisotopic (exact) mass is 447 g/mol. The Balaban J connectivity index is 1.22. The number of aromatic nitrogens is 2. The molecule has 1 amide bonds. The number of nitrogens with one attached hydrogen (secondary N) is 2. The van der Waals surface area contributed by atoms with Crippen LogP contribution in [0.2, 0.25) is 0 Å². The van der Waals surface area contributed by atoms with Crippen molar-refractivity contribution in [3.05, 3.63) is 36.1 Å². The molecule has 6 rings (SSSR count). The fraction of sp³-hybridized carbons (Fsp3) is 0.480. The molecule has 1 aliphatic carbocycles. The fourth-order valence-corrected chi connectivity index (χ4v) is 5.27. The predicted octanol–water partition coefficient (Wildman–Crippen LogP) is 3.60. The number of piperidine rings is 2. The van der Waals surface area contributed by atoms with Gasteiger partial charge >= 0.3 is 0 Å². The van der Waals surface area contributed by atoms with Gasteiger partial charge < -0.3 is 25.1 Å². The SMILES string of the molecule is CN(c1ccc(-c2cc3cc(C(=O)NC4CC4)oc3cc2O)nn1)C1C[C@H]2CCC[C@@H](C1)N2. The Labute approximate surface area is 192 Å². The predicted molar refractivity (Wildman–Crippen MR) is 125 cm³/mol. The second kappa shape index (κ2) is 8.02. The van der Waals surface area contributed by atoms with Gasteiger partial charge in [-0.2, -0.15) is 0 Å². The molecule has 3 atom stereocenters. The molecule has 2 aromatic heterocycles. The Morgan fingerprint density at radius 1 is 1.12 bits per heavy atom. The third kappa shape index (κ3) is 4.04. The number of hydrogen-bond acceptors (Lipinski definition) is 7. The zero-order chi connectivity index (χ0) is 22.5. The molecule has 0 spiro atoms. The molecule has 1 unspecified atom stereocenters. The molecule has 2 saturated heterocycles. The molecule has 172 valence electrons. The van der Waals surface area contributed by atoms with Crippen LogP contribution in [0.5, 0.6) is 5.75 Å². The van der Waals surface area contributed by atoms with Crippen molar-refractivity contribution in [3.63, 3.8) is 0 Å². The maximum atomic E-state index is 12.3. The van der Waals surface area contributed by atoms with Crippen LogP contribution in [-0.4, -0.2) is 52.4 Å². The van der Waals surface area contributed by atoms with Crippen LogP contribution in [0.15, 0.2) is 34.7 Å². The second-order valence-electron chi connectivity index (χ2n) is 9.77. The minimum absolute atomic E-state index is 0.0487. The standard InChI is InChI=1S/C25H29N5O3/c1-30(18-11-16-3-2-4-17(12-18)26-16)24-8-7-20(28-29-24)19-9-14-10-23(25(32)27-15-5-6-15)33-22(14)13-21(19)31/h7-10,13,15-18,26,31H,2-6,11-12H2,1H3,(H,27,32)/t16-,17+,18?. The quantitative estimate of drug-likeness (QED) is 0.549. The lowest BCUT2D eigenvalue weighted by atomic mass is 9.83. The van der Waals surface area contributed by atoms with Crippen LogP contribution in [0.25, 0.3) is 22.2 Å². The molecular weight excluding hydrogens is 418 g/mol. The van der Waals surface area contributed by atoms with E-state index in [-0.39, 0.29) is 23.5 Å². The van der Waals surface area contributed by atoms with Crippen molar-refractivity contribution in [2.45, 2.75) is 69.1 Å². The first-order valence-electron chi connectivity index (χ1n) is 11.9. The number of nitrogens with zero attached hydrogens (tertiary/aromatic N) is 3. The van der Waals surface area contributed by atoms with Crippen LogP contribution in [0, 0.1) is 0 Å². The van der Waals surface area contributed by atoms with E-state index in [1.807, 2.05) is 12.1 Å². The zero-order valence-electron chi connectivity index (χ0n) is 18.8. The lowest BCUT2D eigenvalue weighted by Gasteiger charge is -2.43. The molecular formula is C25H29N5O3. The van der Waals surface area contributed by atoms with Gasteiger partial charge in [-0.25, -0.2) is 0 Å². The molecule has 3 N–H and O–H groups in total. The van der Waals surface area contributed by atoms with E-state index in [4.69, 9.17) is 4.42 Å². The molecule has 2 bridgehead atoms. The summed E-state index contributed by atoms with van der Waals surface area (Å²) in [6, 6.07) is 10.8. The highest BCUT2D eigenvalue weighted by Crippen LogP contribution is 2.35. The average molecular weight is 448 g/mol. The lowest BCUT2D eigenvalue weighted by Crippen LogP contribution is -2.54. The summed E-state index contributed by atoms with van der Waals surface area (Å²) in [5, 5.41) is 26.9. The molecule has 0 radical (unpaired) electrons. The Kier molecular flexibility index (Phi) is 4.98. The summed E-state index contributed by atoms with van der Waals surface area (Å²) >= 11 is 0. The third-order valence-corrected chi connectivity index (χ3v) is 7.30. The Bertz CT molecular complexity index is 1170. The normalized spacial score (nSPS) is 24.6. The van der Waals surface area contributed by atoms with Crippen LogP contribution < -0.4 is 15.5 Å². The first kappa shape index (κ1) is 20.5. The number of aromatic hydroxyl groups is 1. The van der Waals surface area contributed by atoms with E-state index in [9.17, 15) is 9.90 Å². The van der Waals surface area contributed by atoms with Gasteiger partial charge in [-0.15, -0.1) is 10.2 Å². The summed E-state index contributed by atoms with van der Waals surface area (Å²) < 4.78 is 5.66. The Morgan fingerprint density at radius 2 is 1.91 bits per heavy atom. The summed E-state index contributed by atoms with van der Waals surface area (Å²) in [5.74, 6) is 0.923. The number of furan rings is 1. The van der Waals surface area contributed by atoms with Gasteiger partial charge in [0.25, 0.3) is 5.91 Å². The van der Waals surface area contributed by atoms with Crippen molar-refractivity contribution >= 4 is 22.7 Å². The van der Waals surface area contributed by atoms with E-state index in [0.29, 0.717) is 35.0 Å². The van der Waals surface area contributed by atoms with Crippen molar-refractivity contribution in [3.8, 4) is 17.0 Å². The molecule has 33 heavy (non-hydrogen) atoms. The van der Waals surface area contributed by atoms with E-state index >= 15 is 0 Å². The number of hydrogen-bond donors (Lipinski definition) is 3. The highest BCUT2D eigenvalue weighted by molar-refractivity contribution is 5.97. The van der Waals surface area contributed by atoms with Gasteiger partial charge in [0, 0.05) is 48.2 Å². The number of carbonyl (C=O) groups excluding carboxylic acids is 1. The number of phenols is 1. The fourth-order valence-electron chi connectivity index (χ4n) is 5.27. The summed E-state index contributed by atoms with van der Waals surface area (Å²) in [4.78, 5) is 14.5. The van der Waals surface area contributed by atoms with Crippen molar-refractivity contribution < 1.29 is 14.3 Å². The molecule has 2 aliphatic heterocycles. The largest absolute Gasteiger partial charge is 0.507 e. The van der Waals surface area contributed by atoms with Gasteiger partial charge in [-0.3, -0.25) is 4.79 Å². The van der Waals surface area contributed by atoms with E-state index in [1.165, 1.54) is 25.3 Å². The van der Waals surface area contributed by atoms with Crippen LogP contribution in [0.3, 0.4) is 0 Å². The first-order valence-corrected chi connectivity index (χ1v) is 11.9. The molecule has 1 aromatic carbocycles. The van der Waals surface area contributed by atoms with E-state index in [1.54, 1.807) is 12.1 Å². The topological polar surface area (TPSA) is 104 Å². The third-order valence-electron chi connectivity index (χ3n) is 7.30. The Morgan fingerprint density at radius 3 is 2.61 bits per heavy atom. The number of rotatable bonds is 5. The van der Waals surface area contributed by atoms with Gasteiger partial charge in [0.05, 0.1) is 5.69 Å². The van der Waals surface area contributed by atoms with Gasteiger partial charge in [0.1, 0.15) is 11.3 Å². The summed E-state index contributed by atoms with van der Waals surface area (Å²) in [7, 11) is 2.10. The molecule has 3 aromatic rings. The molecule has 3 aliphatic rings. The molecule has 4 heterocycles. The Hall–Kier alpha value is -3.13. The average Bonchev–Trinajstić information content (AvgIpc) is 3.53. The van der Waals surface area contributed by atoms with Gasteiger partial charge in [0.2, 0.25) is 0 Å². The van der Waals surface area contributed by atoms with Gasteiger partial charge in [-0.05, 0) is 62.8 Å². The maximum Gasteiger partial charge on any atom is 0.287 e. The highest BCUT2D eigenvalue weighted by atomic mass is 16.3. The van der Waals surface area contributed by atoms with Crippen molar-refractivity contribution in [2.75, 3.05) is 11.9 Å².